The van der Waals surface area contributed by atoms with E-state index in [4.69, 9.17) is 5.73 Å². The van der Waals surface area contributed by atoms with Gasteiger partial charge in [-0.3, -0.25) is 0 Å². The smallest absolute Gasteiger partial charge is 0.323 e. The summed E-state index contributed by atoms with van der Waals surface area (Å²) in [7, 11) is 0. The highest BCUT2D eigenvalue weighted by Crippen LogP contribution is 2.34. The number of aryl methyl sites for hydroxylation is 1. The molecule has 0 aromatic heterocycles. The van der Waals surface area contributed by atoms with Gasteiger partial charge in [-0.25, -0.2) is 0 Å². The lowest BCUT2D eigenvalue weighted by Crippen LogP contribution is -2.41. The largest absolute Gasteiger partial charge is 0.391 e. The van der Waals surface area contributed by atoms with Crippen LogP contribution >= 0.6 is 0 Å². The Labute approximate surface area is 124 Å². The van der Waals surface area contributed by atoms with E-state index in [1.54, 1.807) is 0 Å². The molecule has 2 nitrogen and oxygen atoms in total. The van der Waals surface area contributed by atoms with Gasteiger partial charge in [0.25, 0.3) is 0 Å². The molecule has 1 aromatic rings. The third-order valence-electron chi connectivity index (χ3n) is 4.32. The average Bonchev–Trinajstić information content (AvgIpc) is 2.47. The molecule has 0 radical (unpaired) electrons. The van der Waals surface area contributed by atoms with Crippen LogP contribution in [0.2, 0.25) is 0 Å². The van der Waals surface area contributed by atoms with Crippen molar-refractivity contribution in [2.24, 2.45) is 11.7 Å². The summed E-state index contributed by atoms with van der Waals surface area (Å²) in [4.78, 5) is 2.04. The highest BCUT2D eigenvalue weighted by Gasteiger charge is 2.41. The molecule has 1 unspecified atom stereocenters. The van der Waals surface area contributed by atoms with Crippen molar-refractivity contribution in [3.05, 3.63) is 35.4 Å². The van der Waals surface area contributed by atoms with Gasteiger partial charge in [0, 0.05) is 12.6 Å². The van der Waals surface area contributed by atoms with Crippen molar-refractivity contribution in [3.8, 4) is 0 Å². The van der Waals surface area contributed by atoms with Crippen molar-refractivity contribution in [1.82, 2.24) is 4.90 Å². The number of hydrogen-bond acceptors (Lipinski definition) is 2. The Morgan fingerprint density at radius 3 is 2.24 bits per heavy atom. The van der Waals surface area contributed by atoms with Gasteiger partial charge in [0.2, 0.25) is 0 Å². The Morgan fingerprint density at radius 1 is 1.19 bits per heavy atom. The quantitative estimate of drug-likeness (QED) is 0.922. The van der Waals surface area contributed by atoms with Crippen LogP contribution in [-0.4, -0.2) is 30.7 Å². The molecule has 0 aliphatic carbocycles. The van der Waals surface area contributed by atoms with Crippen LogP contribution in [0.4, 0.5) is 13.2 Å². The number of halogens is 3. The Bertz CT molecular complexity index is 434. The number of likely N-dealkylation sites (tertiary alicyclic amines) is 1. The Hall–Kier alpha value is -1.07. The first-order valence-corrected chi connectivity index (χ1v) is 7.53. The van der Waals surface area contributed by atoms with Crippen molar-refractivity contribution < 1.29 is 13.2 Å². The van der Waals surface area contributed by atoms with Crippen molar-refractivity contribution in [3.63, 3.8) is 0 Å². The topological polar surface area (TPSA) is 29.3 Å². The lowest BCUT2D eigenvalue weighted by Gasteiger charge is -2.34. The van der Waals surface area contributed by atoms with Gasteiger partial charge in [0.05, 0.1) is 5.92 Å². The fourth-order valence-corrected chi connectivity index (χ4v) is 2.83. The van der Waals surface area contributed by atoms with E-state index in [-0.39, 0.29) is 18.9 Å². The monoisotopic (exact) mass is 300 g/mol. The van der Waals surface area contributed by atoms with E-state index in [9.17, 15) is 13.2 Å². The summed E-state index contributed by atoms with van der Waals surface area (Å²) in [6, 6.07) is 8.02. The van der Waals surface area contributed by atoms with Gasteiger partial charge in [-0.05, 0) is 43.5 Å². The van der Waals surface area contributed by atoms with Gasteiger partial charge >= 0.3 is 6.18 Å². The molecule has 1 aliphatic rings. The van der Waals surface area contributed by atoms with Gasteiger partial charge in [0.15, 0.2) is 0 Å². The number of hydrogen-bond donors (Lipinski definition) is 1. The van der Waals surface area contributed by atoms with Crippen LogP contribution in [0.25, 0.3) is 0 Å². The molecule has 2 N–H and O–H groups in total. The fourth-order valence-electron chi connectivity index (χ4n) is 2.83. The standard InChI is InChI=1S/C16H23F3N2/c1-2-12-3-5-13(6-4-12)15(20)11-21-9-7-14(8-10-21)16(17,18)19/h3-6,14-15H,2,7-11,20H2,1H3. The maximum absolute atomic E-state index is 12.6. The van der Waals surface area contributed by atoms with Crippen LogP contribution in [0.15, 0.2) is 24.3 Å². The molecule has 1 fully saturated rings. The molecule has 2 rings (SSSR count). The molecule has 1 aromatic carbocycles. The lowest BCUT2D eigenvalue weighted by molar-refractivity contribution is -0.185. The van der Waals surface area contributed by atoms with E-state index in [1.165, 1.54) is 5.56 Å². The maximum atomic E-state index is 12.6. The molecule has 118 valence electrons. The molecule has 0 amide bonds. The average molecular weight is 300 g/mol. The molecule has 1 aliphatic heterocycles. The van der Waals surface area contributed by atoms with Crippen molar-refractivity contribution in [2.45, 2.75) is 38.4 Å². The van der Waals surface area contributed by atoms with Crippen molar-refractivity contribution >= 4 is 0 Å². The second kappa shape index (κ2) is 6.79. The highest BCUT2D eigenvalue weighted by molar-refractivity contribution is 5.25. The number of benzene rings is 1. The molecule has 5 heteroatoms. The van der Waals surface area contributed by atoms with E-state index < -0.39 is 12.1 Å². The summed E-state index contributed by atoms with van der Waals surface area (Å²) < 4.78 is 37.9. The van der Waals surface area contributed by atoms with Gasteiger partial charge < -0.3 is 10.6 Å². The fraction of sp³-hybridized carbons (Fsp3) is 0.625. The molecule has 1 atom stereocenters. The lowest BCUT2D eigenvalue weighted by atomic mass is 9.95. The molecule has 1 heterocycles. The van der Waals surface area contributed by atoms with Crippen molar-refractivity contribution in [1.29, 1.82) is 0 Å². The molecule has 21 heavy (non-hydrogen) atoms. The minimum atomic E-state index is -4.05. The van der Waals surface area contributed by atoms with Crippen LogP contribution < -0.4 is 5.73 Å². The van der Waals surface area contributed by atoms with E-state index in [0.717, 1.165) is 12.0 Å². The van der Waals surface area contributed by atoms with E-state index in [1.807, 2.05) is 17.0 Å². The summed E-state index contributed by atoms with van der Waals surface area (Å²) in [5, 5.41) is 0. The second-order valence-electron chi connectivity index (χ2n) is 5.82. The van der Waals surface area contributed by atoms with Crippen LogP contribution in [-0.2, 0) is 6.42 Å². The summed E-state index contributed by atoms with van der Waals surface area (Å²) in [6.07, 6.45) is -2.69. The maximum Gasteiger partial charge on any atom is 0.391 e. The molecule has 1 saturated heterocycles. The summed E-state index contributed by atoms with van der Waals surface area (Å²) in [5.41, 5.74) is 8.48. The van der Waals surface area contributed by atoms with E-state index >= 15 is 0 Å². The predicted octanol–water partition coefficient (Wildman–Crippen LogP) is 3.52. The van der Waals surface area contributed by atoms with Crippen LogP contribution in [0.5, 0.6) is 0 Å². The first kappa shape index (κ1) is 16.3. The normalized spacial score (nSPS) is 19.7. The Kier molecular flexibility index (Phi) is 5.27. The van der Waals surface area contributed by atoms with Gasteiger partial charge in [-0.15, -0.1) is 0 Å². The third kappa shape index (κ3) is 4.45. The van der Waals surface area contributed by atoms with Crippen molar-refractivity contribution in [2.75, 3.05) is 19.6 Å². The minimum absolute atomic E-state index is 0.140. The Balaban J connectivity index is 1.85. The van der Waals surface area contributed by atoms with Gasteiger partial charge in [-0.1, -0.05) is 31.2 Å². The zero-order valence-corrected chi connectivity index (χ0v) is 12.4. The number of alkyl halides is 3. The molecule has 0 bridgehead atoms. The number of nitrogens with zero attached hydrogens (tertiary/aromatic N) is 1. The zero-order chi connectivity index (χ0) is 15.5. The molecular formula is C16H23F3N2. The van der Waals surface area contributed by atoms with E-state index in [0.29, 0.717) is 19.6 Å². The molecular weight excluding hydrogens is 277 g/mol. The number of rotatable bonds is 4. The van der Waals surface area contributed by atoms with Crippen LogP contribution in [0.3, 0.4) is 0 Å². The predicted molar refractivity (Wildman–Crippen MR) is 78.0 cm³/mol. The molecule has 0 spiro atoms. The molecule has 0 saturated carbocycles. The number of piperidine rings is 1. The first-order valence-electron chi connectivity index (χ1n) is 7.53. The first-order chi connectivity index (χ1) is 9.90. The van der Waals surface area contributed by atoms with Crippen LogP contribution in [0.1, 0.15) is 36.9 Å². The van der Waals surface area contributed by atoms with E-state index in [2.05, 4.69) is 19.1 Å². The van der Waals surface area contributed by atoms with Gasteiger partial charge in [-0.2, -0.15) is 13.2 Å². The zero-order valence-electron chi connectivity index (χ0n) is 12.4. The summed E-state index contributed by atoms with van der Waals surface area (Å²) in [6.45, 7) is 3.67. The van der Waals surface area contributed by atoms with Gasteiger partial charge in [0.1, 0.15) is 0 Å². The SMILES string of the molecule is CCc1ccc(C(N)CN2CCC(C(F)(F)F)CC2)cc1. The third-order valence-corrected chi connectivity index (χ3v) is 4.32. The van der Waals surface area contributed by atoms with Crippen LogP contribution in [0, 0.1) is 5.92 Å². The highest BCUT2D eigenvalue weighted by atomic mass is 19.4. The number of nitrogens with two attached hydrogens (primary N) is 1. The summed E-state index contributed by atoms with van der Waals surface area (Å²) in [5.74, 6) is -1.14. The summed E-state index contributed by atoms with van der Waals surface area (Å²) >= 11 is 0. The Morgan fingerprint density at radius 2 is 1.76 bits per heavy atom. The minimum Gasteiger partial charge on any atom is -0.323 e. The second-order valence-corrected chi connectivity index (χ2v) is 5.82.